The summed E-state index contributed by atoms with van der Waals surface area (Å²) < 4.78 is 10.4. The fraction of sp³-hybridized carbons (Fsp3) is 0.500. The van der Waals surface area contributed by atoms with Crippen molar-refractivity contribution in [2.45, 2.75) is 24.2 Å². The smallest absolute Gasteiger partial charge is 0.321 e. The largest absolute Gasteiger partial charge is 0.465 e. The molecule has 0 amide bonds. The Morgan fingerprint density at radius 1 is 1.33 bits per heavy atom. The lowest BCUT2D eigenvalue weighted by Crippen LogP contribution is -2.53. The third-order valence-electron chi connectivity index (χ3n) is 3.08. The normalized spacial score (nSPS) is 17.0. The highest BCUT2D eigenvalue weighted by molar-refractivity contribution is 7.99. The number of esters is 1. The van der Waals surface area contributed by atoms with Crippen LogP contribution in [-0.2, 0) is 19.7 Å². The Morgan fingerprint density at radius 2 is 2.00 bits per heavy atom. The quantitative estimate of drug-likeness (QED) is 0.606. The van der Waals surface area contributed by atoms with Crippen LogP contribution in [0.4, 0.5) is 0 Å². The predicted octanol–water partition coefficient (Wildman–Crippen LogP) is 2.63. The average Bonchev–Trinajstić information content (AvgIpc) is 2.30. The van der Waals surface area contributed by atoms with Gasteiger partial charge in [-0.25, -0.2) is 0 Å². The zero-order chi connectivity index (χ0) is 13.0. The van der Waals surface area contributed by atoms with Crippen molar-refractivity contribution < 1.29 is 14.3 Å². The molecule has 1 fully saturated rings. The number of hydrogen-bond acceptors (Lipinski definition) is 4. The summed E-state index contributed by atoms with van der Waals surface area (Å²) in [5, 5.41) is 0. The summed E-state index contributed by atoms with van der Waals surface area (Å²) in [6.07, 6.45) is 0. The van der Waals surface area contributed by atoms with Gasteiger partial charge < -0.3 is 9.47 Å². The van der Waals surface area contributed by atoms with Crippen molar-refractivity contribution >= 4 is 17.7 Å². The van der Waals surface area contributed by atoms with Gasteiger partial charge >= 0.3 is 5.97 Å². The van der Waals surface area contributed by atoms with Gasteiger partial charge in [-0.2, -0.15) is 0 Å². The summed E-state index contributed by atoms with van der Waals surface area (Å²) >= 11 is 1.79. The van der Waals surface area contributed by atoms with Crippen molar-refractivity contribution in [1.29, 1.82) is 0 Å². The zero-order valence-electron chi connectivity index (χ0n) is 10.8. The molecule has 0 spiro atoms. The summed E-state index contributed by atoms with van der Waals surface area (Å²) in [5.74, 6) is 0.873. The molecule has 0 saturated carbocycles. The number of hydrogen-bond donors (Lipinski definition) is 0. The molecule has 1 saturated heterocycles. The molecular weight excluding hydrogens is 248 g/mol. The molecule has 0 atom stereocenters. The second kappa shape index (κ2) is 5.76. The molecule has 2 rings (SSSR count). The first-order valence-electron chi connectivity index (χ1n) is 6.21. The van der Waals surface area contributed by atoms with Crippen molar-refractivity contribution in [3.8, 4) is 0 Å². The monoisotopic (exact) mass is 266 g/mol. The van der Waals surface area contributed by atoms with Gasteiger partial charge in [-0.15, -0.1) is 11.8 Å². The fourth-order valence-electron chi connectivity index (χ4n) is 2.01. The highest BCUT2D eigenvalue weighted by Gasteiger charge is 2.48. The van der Waals surface area contributed by atoms with Crippen LogP contribution in [0.25, 0.3) is 0 Å². The second-order valence-electron chi connectivity index (χ2n) is 4.25. The number of carbonyl (C=O) groups is 1. The van der Waals surface area contributed by atoms with E-state index in [-0.39, 0.29) is 5.97 Å². The summed E-state index contributed by atoms with van der Waals surface area (Å²) in [4.78, 5) is 13.3. The first kappa shape index (κ1) is 13.4. The molecule has 3 nitrogen and oxygen atoms in total. The Labute approximate surface area is 112 Å². The number of ether oxygens (including phenoxy) is 2. The first-order valence-corrected chi connectivity index (χ1v) is 7.20. The molecule has 0 aliphatic carbocycles. The van der Waals surface area contributed by atoms with Crippen LogP contribution in [0, 0.1) is 0 Å². The maximum Gasteiger partial charge on any atom is 0.321 e. The van der Waals surface area contributed by atoms with Gasteiger partial charge in [0.15, 0.2) is 0 Å². The van der Waals surface area contributed by atoms with E-state index in [9.17, 15) is 4.79 Å². The minimum Gasteiger partial charge on any atom is -0.465 e. The number of benzene rings is 1. The summed E-state index contributed by atoms with van der Waals surface area (Å²) in [7, 11) is 0. The molecule has 0 aromatic heterocycles. The van der Waals surface area contributed by atoms with Gasteiger partial charge in [-0.05, 0) is 30.4 Å². The minimum absolute atomic E-state index is 0.174. The maximum atomic E-state index is 12.1. The molecule has 1 aromatic rings. The Hall–Kier alpha value is -1.00. The van der Waals surface area contributed by atoms with Crippen LogP contribution in [0.5, 0.6) is 0 Å². The fourth-order valence-corrected chi connectivity index (χ4v) is 2.68. The standard InChI is InChI=1S/C14H18O3S/c1-3-17-13(15)14(9-16-10-14)11-5-7-12(8-6-11)18-4-2/h5-8H,3-4,9-10H2,1-2H3. The van der Waals surface area contributed by atoms with Crippen LogP contribution in [0.3, 0.4) is 0 Å². The minimum atomic E-state index is -0.578. The highest BCUT2D eigenvalue weighted by Crippen LogP contribution is 2.34. The molecule has 0 radical (unpaired) electrons. The molecule has 1 aliphatic rings. The van der Waals surface area contributed by atoms with Crippen molar-refractivity contribution in [3.63, 3.8) is 0 Å². The van der Waals surface area contributed by atoms with E-state index >= 15 is 0 Å². The van der Waals surface area contributed by atoms with Crippen LogP contribution in [0.15, 0.2) is 29.2 Å². The van der Waals surface area contributed by atoms with Crippen LogP contribution >= 0.6 is 11.8 Å². The van der Waals surface area contributed by atoms with Gasteiger partial charge in [0.2, 0.25) is 0 Å². The van der Waals surface area contributed by atoms with E-state index in [1.807, 2.05) is 19.1 Å². The number of thioether (sulfide) groups is 1. The van der Waals surface area contributed by atoms with Gasteiger partial charge in [0.05, 0.1) is 19.8 Å². The van der Waals surface area contributed by atoms with Gasteiger partial charge in [-0.3, -0.25) is 4.79 Å². The summed E-state index contributed by atoms with van der Waals surface area (Å²) in [5.41, 5.74) is 0.415. The third kappa shape index (κ3) is 2.40. The van der Waals surface area contributed by atoms with Crippen molar-refractivity contribution in [2.75, 3.05) is 25.6 Å². The lowest BCUT2D eigenvalue weighted by Gasteiger charge is -2.39. The van der Waals surface area contributed by atoms with E-state index in [1.54, 1.807) is 11.8 Å². The third-order valence-corrected chi connectivity index (χ3v) is 3.98. The van der Waals surface area contributed by atoms with Gasteiger partial charge in [-0.1, -0.05) is 19.1 Å². The maximum absolute atomic E-state index is 12.1. The van der Waals surface area contributed by atoms with Crippen molar-refractivity contribution in [2.24, 2.45) is 0 Å². The van der Waals surface area contributed by atoms with E-state index < -0.39 is 5.41 Å². The molecule has 0 bridgehead atoms. The van der Waals surface area contributed by atoms with Crippen molar-refractivity contribution in [3.05, 3.63) is 29.8 Å². The lowest BCUT2D eigenvalue weighted by atomic mass is 9.79. The van der Waals surface area contributed by atoms with Crippen LogP contribution in [-0.4, -0.2) is 31.5 Å². The van der Waals surface area contributed by atoms with Crippen molar-refractivity contribution in [1.82, 2.24) is 0 Å². The predicted molar refractivity (Wildman–Crippen MR) is 72.0 cm³/mol. The zero-order valence-corrected chi connectivity index (χ0v) is 11.6. The molecule has 1 heterocycles. The molecule has 0 N–H and O–H groups in total. The summed E-state index contributed by atoms with van der Waals surface area (Å²) in [6.45, 7) is 5.20. The SMILES string of the molecule is CCOC(=O)C1(c2ccc(SCC)cc2)COC1. The Balaban J connectivity index is 2.19. The van der Waals surface area contributed by atoms with E-state index in [2.05, 4.69) is 19.1 Å². The molecule has 1 aliphatic heterocycles. The molecular formula is C14H18O3S. The molecule has 1 aromatic carbocycles. The average molecular weight is 266 g/mol. The lowest BCUT2D eigenvalue weighted by molar-refractivity contribution is -0.169. The van der Waals surface area contributed by atoms with Gasteiger partial charge in [0.1, 0.15) is 5.41 Å². The number of carbonyl (C=O) groups excluding carboxylic acids is 1. The van der Waals surface area contributed by atoms with E-state index in [1.165, 1.54) is 4.90 Å². The molecule has 18 heavy (non-hydrogen) atoms. The van der Waals surface area contributed by atoms with E-state index in [0.717, 1.165) is 11.3 Å². The van der Waals surface area contributed by atoms with E-state index in [0.29, 0.717) is 19.8 Å². The van der Waals surface area contributed by atoms with Gasteiger partial charge in [0.25, 0.3) is 0 Å². The van der Waals surface area contributed by atoms with Gasteiger partial charge in [0, 0.05) is 4.90 Å². The molecule has 0 unspecified atom stereocenters. The first-order chi connectivity index (χ1) is 8.73. The second-order valence-corrected chi connectivity index (χ2v) is 5.59. The Bertz CT molecular complexity index is 410. The topological polar surface area (TPSA) is 35.5 Å². The highest BCUT2D eigenvalue weighted by atomic mass is 32.2. The summed E-state index contributed by atoms with van der Waals surface area (Å²) in [6, 6.07) is 8.14. The van der Waals surface area contributed by atoms with E-state index in [4.69, 9.17) is 9.47 Å². The molecule has 4 heteroatoms. The van der Waals surface area contributed by atoms with Crippen LogP contribution < -0.4 is 0 Å². The van der Waals surface area contributed by atoms with Crippen LogP contribution in [0.2, 0.25) is 0 Å². The van der Waals surface area contributed by atoms with Crippen LogP contribution in [0.1, 0.15) is 19.4 Å². The number of rotatable bonds is 5. The Morgan fingerprint density at radius 3 is 2.44 bits per heavy atom. The molecule has 98 valence electrons. The Kier molecular flexibility index (Phi) is 4.30.